The summed E-state index contributed by atoms with van der Waals surface area (Å²) in [6.07, 6.45) is 1.39. The van der Waals surface area contributed by atoms with E-state index in [-0.39, 0.29) is 19.1 Å². The van der Waals surface area contributed by atoms with Crippen molar-refractivity contribution in [3.63, 3.8) is 0 Å². The zero-order valence-electron chi connectivity index (χ0n) is 17.8. The maximum Gasteiger partial charge on any atom is 0.258 e. The van der Waals surface area contributed by atoms with Crippen LogP contribution in [-0.4, -0.2) is 70.0 Å². The third-order valence-electron chi connectivity index (χ3n) is 5.26. The van der Waals surface area contributed by atoms with E-state index >= 15 is 0 Å². The first-order chi connectivity index (χ1) is 14.7. The molecular formula is C22H29N3O5S. The number of nitrogens with zero attached hydrogens (tertiary/aromatic N) is 2. The van der Waals surface area contributed by atoms with Gasteiger partial charge in [0, 0.05) is 39.3 Å². The predicted molar refractivity (Wildman–Crippen MR) is 120 cm³/mol. The number of carbonyl (C=O) groups is 1. The molecule has 1 amide bonds. The molecule has 0 radical (unpaired) electrons. The molecular weight excluding hydrogens is 418 g/mol. The van der Waals surface area contributed by atoms with Crippen molar-refractivity contribution in [2.24, 2.45) is 0 Å². The minimum Gasteiger partial charge on any atom is -0.484 e. The number of hydrogen-bond donors (Lipinski definition) is 2. The summed E-state index contributed by atoms with van der Waals surface area (Å²) in [5, 5.41) is 13.0. The SMILES string of the molecule is CN(c1cccc(OCC(=O)NCC(O)CN2CCc3ccccc3C2)c1)S(C)(=O)=O. The molecule has 3 rings (SSSR count). The molecule has 1 atom stereocenters. The largest absolute Gasteiger partial charge is 0.484 e. The predicted octanol–water partition coefficient (Wildman–Crippen LogP) is 0.997. The lowest BCUT2D eigenvalue weighted by Crippen LogP contribution is -2.42. The molecule has 168 valence electrons. The average Bonchev–Trinajstić information content (AvgIpc) is 2.75. The van der Waals surface area contributed by atoms with Crippen LogP contribution in [0.3, 0.4) is 0 Å². The molecule has 1 aliphatic heterocycles. The van der Waals surface area contributed by atoms with Gasteiger partial charge in [-0.2, -0.15) is 0 Å². The van der Waals surface area contributed by atoms with Crippen molar-refractivity contribution in [2.45, 2.75) is 19.1 Å². The Bertz CT molecular complexity index is 1010. The third kappa shape index (κ3) is 6.68. The Kier molecular flexibility index (Phi) is 7.53. The van der Waals surface area contributed by atoms with E-state index < -0.39 is 16.1 Å². The second-order valence-corrected chi connectivity index (χ2v) is 9.74. The van der Waals surface area contributed by atoms with Crippen molar-refractivity contribution in [3.8, 4) is 5.75 Å². The van der Waals surface area contributed by atoms with Crippen LogP contribution < -0.4 is 14.4 Å². The number of nitrogens with one attached hydrogen (secondary N) is 1. The lowest BCUT2D eigenvalue weighted by atomic mass is 10.00. The molecule has 0 saturated heterocycles. The molecule has 0 saturated carbocycles. The number of aliphatic hydroxyl groups is 1. The molecule has 1 heterocycles. The lowest BCUT2D eigenvalue weighted by Gasteiger charge is -2.30. The number of fused-ring (bicyclic) bond motifs is 1. The highest BCUT2D eigenvalue weighted by atomic mass is 32.2. The van der Waals surface area contributed by atoms with Crippen LogP contribution in [0.25, 0.3) is 0 Å². The molecule has 0 spiro atoms. The van der Waals surface area contributed by atoms with Gasteiger partial charge in [-0.3, -0.25) is 14.0 Å². The van der Waals surface area contributed by atoms with Gasteiger partial charge in [-0.1, -0.05) is 30.3 Å². The molecule has 2 aromatic carbocycles. The first-order valence-corrected chi connectivity index (χ1v) is 12.0. The average molecular weight is 448 g/mol. The van der Waals surface area contributed by atoms with Gasteiger partial charge >= 0.3 is 0 Å². The number of carbonyl (C=O) groups excluding carboxylic acids is 1. The number of amides is 1. The zero-order chi connectivity index (χ0) is 22.4. The monoisotopic (exact) mass is 447 g/mol. The fraction of sp³-hybridized carbons (Fsp3) is 0.409. The maximum absolute atomic E-state index is 12.1. The quantitative estimate of drug-likeness (QED) is 0.595. The normalized spacial score (nSPS) is 15.1. The van der Waals surface area contributed by atoms with Gasteiger partial charge in [0.1, 0.15) is 5.75 Å². The van der Waals surface area contributed by atoms with Crippen molar-refractivity contribution in [3.05, 3.63) is 59.7 Å². The van der Waals surface area contributed by atoms with Crippen molar-refractivity contribution in [1.82, 2.24) is 10.2 Å². The van der Waals surface area contributed by atoms with Crippen molar-refractivity contribution in [2.75, 3.05) is 43.8 Å². The van der Waals surface area contributed by atoms with Crippen molar-refractivity contribution in [1.29, 1.82) is 0 Å². The Morgan fingerprint density at radius 1 is 1.23 bits per heavy atom. The van der Waals surface area contributed by atoms with Gasteiger partial charge in [0.05, 0.1) is 18.0 Å². The Labute approximate surface area is 183 Å². The second-order valence-electron chi connectivity index (χ2n) is 7.73. The first kappa shape index (κ1) is 23.1. The molecule has 9 heteroatoms. The standard InChI is InChI=1S/C22H29N3O5S/c1-24(31(2,28)29)19-8-5-9-21(12-19)30-16-22(27)23-13-20(26)15-25-11-10-17-6-3-4-7-18(17)14-25/h3-9,12,20,26H,10-11,13-16H2,1-2H3,(H,23,27). The molecule has 0 aliphatic carbocycles. The maximum atomic E-state index is 12.1. The van der Waals surface area contributed by atoms with Crippen LogP contribution >= 0.6 is 0 Å². The van der Waals surface area contributed by atoms with E-state index in [9.17, 15) is 18.3 Å². The van der Waals surface area contributed by atoms with Crippen LogP contribution in [0.15, 0.2) is 48.5 Å². The van der Waals surface area contributed by atoms with E-state index in [1.54, 1.807) is 24.3 Å². The van der Waals surface area contributed by atoms with Gasteiger partial charge < -0.3 is 15.2 Å². The van der Waals surface area contributed by atoms with E-state index in [2.05, 4.69) is 22.3 Å². The Morgan fingerprint density at radius 2 is 1.97 bits per heavy atom. The Balaban J connectivity index is 1.41. The number of sulfonamides is 1. The summed E-state index contributed by atoms with van der Waals surface area (Å²) in [5.74, 6) is 0.0283. The van der Waals surface area contributed by atoms with Gasteiger partial charge in [-0.25, -0.2) is 8.42 Å². The number of β-amino-alcohol motifs (C(OH)–C–C–N with tert-alkyl or cyclic N) is 1. The number of ether oxygens (including phenoxy) is 1. The summed E-state index contributed by atoms with van der Waals surface area (Å²) in [4.78, 5) is 14.3. The van der Waals surface area contributed by atoms with Crippen LogP contribution in [0, 0.1) is 0 Å². The minimum absolute atomic E-state index is 0.136. The van der Waals surface area contributed by atoms with Gasteiger partial charge in [0.25, 0.3) is 5.91 Å². The summed E-state index contributed by atoms with van der Waals surface area (Å²) < 4.78 is 29.9. The Hall–Kier alpha value is -2.62. The van der Waals surface area contributed by atoms with Crippen LogP contribution in [-0.2, 0) is 27.8 Å². The molecule has 1 unspecified atom stereocenters. The summed E-state index contributed by atoms with van der Waals surface area (Å²) in [5.41, 5.74) is 3.08. The van der Waals surface area contributed by atoms with Gasteiger partial charge in [0.2, 0.25) is 10.0 Å². The number of rotatable bonds is 9. The molecule has 0 bridgehead atoms. The molecule has 2 N–H and O–H groups in total. The van der Waals surface area contributed by atoms with Crippen molar-refractivity contribution < 1.29 is 23.1 Å². The number of anilines is 1. The second kappa shape index (κ2) is 10.1. The molecule has 8 nitrogen and oxygen atoms in total. The fourth-order valence-electron chi connectivity index (χ4n) is 3.46. The highest BCUT2D eigenvalue weighted by molar-refractivity contribution is 7.92. The topological polar surface area (TPSA) is 99.2 Å². The summed E-state index contributed by atoms with van der Waals surface area (Å²) in [6, 6.07) is 14.8. The summed E-state index contributed by atoms with van der Waals surface area (Å²) >= 11 is 0. The summed E-state index contributed by atoms with van der Waals surface area (Å²) in [6.45, 7) is 2.06. The molecule has 2 aromatic rings. The molecule has 31 heavy (non-hydrogen) atoms. The van der Waals surface area contributed by atoms with Crippen molar-refractivity contribution >= 4 is 21.6 Å². The van der Waals surface area contributed by atoms with Gasteiger partial charge in [0.15, 0.2) is 6.61 Å². The molecule has 0 aromatic heterocycles. The van der Waals surface area contributed by atoms with Crippen LogP contribution in [0.2, 0.25) is 0 Å². The highest BCUT2D eigenvalue weighted by Gasteiger charge is 2.19. The van der Waals surface area contributed by atoms with E-state index in [1.807, 2.05) is 12.1 Å². The first-order valence-electron chi connectivity index (χ1n) is 10.1. The van der Waals surface area contributed by atoms with Crippen LogP contribution in [0.5, 0.6) is 5.75 Å². The summed E-state index contributed by atoms with van der Waals surface area (Å²) in [7, 11) is -1.94. The molecule has 1 aliphatic rings. The van der Waals surface area contributed by atoms with Gasteiger partial charge in [-0.15, -0.1) is 0 Å². The van der Waals surface area contributed by atoms with E-state index in [4.69, 9.17) is 4.74 Å². The Morgan fingerprint density at radius 3 is 2.71 bits per heavy atom. The van der Waals surface area contributed by atoms with E-state index in [0.29, 0.717) is 18.0 Å². The molecule has 0 fully saturated rings. The fourth-order valence-corrected chi connectivity index (χ4v) is 3.96. The number of hydrogen-bond acceptors (Lipinski definition) is 6. The van der Waals surface area contributed by atoms with E-state index in [1.165, 1.54) is 18.2 Å². The third-order valence-corrected chi connectivity index (χ3v) is 6.47. The smallest absolute Gasteiger partial charge is 0.258 e. The van der Waals surface area contributed by atoms with Crippen LogP contribution in [0.4, 0.5) is 5.69 Å². The minimum atomic E-state index is -3.38. The zero-order valence-corrected chi connectivity index (χ0v) is 18.6. The van der Waals surface area contributed by atoms with Crippen LogP contribution in [0.1, 0.15) is 11.1 Å². The van der Waals surface area contributed by atoms with Gasteiger partial charge in [-0.05, 0) is 29.7 Å². The number of benzene rings is 2. The van der Waals surface area contributed by atoms with E-state index in [0.717, 1.165) is 30.1 Å². The highest BCUT2D eigenvalue weighted by Crippen LogP contribution is 2.22. The number of aliphatic hydroxyl groups excluding tert-OH is 1. The lowest BCUT2D eigenvalue weighted by molar-refractivity contribution is -0.123.